The van der Waals surface area contributed by atoms with Crippen LogP contribution in [-0.2, 0) is 4.79 Å². The zero-order chi connectivity index (χ0) is 16.1. The molecule has 122 valence electrons. The molecule has 2 aliphatic rings. The Morgan fingerprint density at radius 1 is 1.09 bits per heavy atom. The first-order valence-electron chi connectivity index (χ1n) is 8.01. The lowest BCUT2D eigenvalue weighted by Crippen LogP contribution is -2.47. The lowest BCUT2D eigenvalue weighted by atomic mass is 10.0. The summed E-state index contributed by atoms with van der Waals surface area (Å²) in [7, 11) is 6.16. The SMILES string of the molecule is CN1CCC(N(C)/C=C(/C#N)C(=O)N2CCN(C)CC2)CC1. The highest BCUT2D eigenvalue weighted by Gasteiger charge is 2.24. The van der Waals surface area contributed by atoms with Crippen LogP contribution in [0.3, 0.4) is 0 Å². The van der Waals surface area contributed by atoms with Crippen molar-refractivity contribution in [2.75, 3.05) is 60.4 Å². The van der Waals surface area contributed by atoms with Crippen molar-refractivity contribution < 1.29 is 4.79 Å². The summed E-state index contributed by atoms with van der Waals surface area (Å²) in [6.07, 6.45) is 3.90. The van der Waals surface area contributed by atoms with Gasteiger partial charge in [-0.3, -0.25) is 4.79 Å². The van der Waals surface area contributed by atoms with Crippen molar-refractivity contribution in [3.8, 4) is 6.07 Å². The van der Waals surface area contributed by atoms with E-state index >= 15 is 0 Å². The first-order valence-corrected chi connectivity index (χ1v) is 8.01. The Kier molecular flexibility index (Phi) is 5.81. The number of nitriles is 1. The van der Waals surface area contributed by atoms with Crippen molar-refractivity contribution in [3.05, 3.63) is 11.8 Å². The van der Waals surface area contributed by atoms with E-state index in [0.717, 1.165) is 39.0 Å². The minimum atomic E-state index is -0.129. The Morgan fingerprint density at radius 3 is 2.18 bits per heavy atom. The van der Waals surface area contributed by atoms with Gasteiger partial charge >= 0.3 is 0 Å². The molecule has 0 N–H and O–H groups in total. The summed E-state index contributed by atoms with van der Waals surface area (Å²) < 4.78 is 0. The average Bonchev–Trinajstić information content (AvgIpc) is 2.53. The number of piperazine rings is 1. The molecule has 0 radical (unpaired) electrons. The normalized spacial score (nSPS) is 22.5. The summed E-state index contributed by atoms with van der Waals surface area (Å²) in [5, 5.41) is 9.36. The molecule has 6 heteroatoms. The van der Waals surface area contributed by atoms with Crippen LogP contribution in [0.25, 0.3) is 0 Å². The number of piperidine rings is 1. The number of likely N-dealkylation sites (tertiary alicyclic amines) is 1. The quantitative estimate of drug-likeness (QED) is 0.550. The van der Waals surface area contributed by atoms with Crippen molar-refractivity contribution in [2.45, 2.75) is 18.9 Å². The highest BCUT2D eigenvalue weighted by Crippen LogP contribution is 2.16. The van der Waals surface area contributed by atoms with Crippen LogP contribution < -0.4 is 0 Å². The second-order valence-electron chi connectivity index (χ2n) is 6.45. The standard InChI is InChI=1S/C16H27N5O/c1-18-6-4-15(5-7-18)20(3)13-14(12-17)16(22)21-10-8-19(2)9-11-21/h13,15H,4-11H2,1-3H3/b14-13-. The molecule has 0 aromatic carbocycles. The first-order chi connectivity index (χ1) is 10.5. The number of amides is 1. The van der Waals surface area contributed by atoms with Crippen LogP contribution in [0, 0.1) is 11.3 Å². The van der Waals surface area contributed by atoms with Crippen molar-refractivity contribution in [1.29, 1.82) is 5.26 Å². The van der Waals surface area contributed by atoms with Crippen molar-refractivity contribution in [1.82, 2.24) is 19.6 Å². The van der Waals surface area contributed by atoms with E-state index in [1.54, 1.807) is 11.1 Å². The van der Waals surface area contributed by atoms with Crippen LogP contribution in [0.1, 0.15) is 12.8 Å². The Hall–Kier alpha value is -1.58. The van der Waals surface area contributed by atoms with Crippen LogP contribution in [0.2, 0.25) is 0 Å². The van der Waals surface area contributed by atoms with Crippen LogP contribution >= 0.6 is 0 Å². The third-order valence-corrected chi connectivity index (χ3v) is 4.74. The van der Waals surface area contributed by atoms with E-state index < -0.39 is 0 Å². The molecule has 0 spiro atoms. The molecule has 0 bridgehead atoms. The molecule has 2 rings (SSSR count). The number of nitrogens with zero attached hydrogens (tertiary/aromatic N) is 5. The molecular weight excluding hydrogens is 278 g/mol. The van der Waals surface area contributed by atoms with Gasteiger partial charge in [0.25, 0.3) is 5.91 Å². The highest BCUT2D eigenvalue weighted by molar-refractivity contribution is 5.97. The van der Waals surface area contributed by atoms with Gasteiger partial charge in [0.05, 0.1) is 0 Å². The van der Waals surface area contributed by atoms with Crippen molar-refractivity contribution in [3.63, 3.8) is 0 Å². The fraction of sp³-hybridized carbons (Fsp3) is 0.750. The second kappa shape index (κ2) is 7.61. The number of rotatable bonds is 3. The van der Waals surface area contributed by atoms with Gasteiger partial charge in [0.1, 0.15) is 11.6 Å². The zero-order valence-corrected chi connectivity index (χ0v) is 14.0. The molecule has 22 heavy (non-hydrogen) atoms. The fourth-order valence-corrected chi connectivity index (χ4v) is 3.02. The van der Waals surface area contributed by atoms with E-state index in [-0.39, 0.29) is 11.5 Å². The number of carbonyl (C=O) groups is 1. The van der Waals surface area contributed by atoms with E-state index in [4.69, 9.17) is 0 Å². The monoisotopic (exact) mass is 305 g/mol. The third kappa shape index (κ3) is 4.21. The molecule has 2 heterocycles. The minimum Gasteiger partial charge on any atom is -0.376 e. The fourth-order valence-electron chi connectivity index (χ4n) is 3.02. The number of hydrogen-bond donors (Lipinski definition) is 0. The molecule has 2 saturated heterocycles. The Labute approximate surface area is 133 Å². The molecule has 0 unspecified atom stereocenters. The van der Waals surface area contributed by atoms with Crippen LogP contribution in [0.4, 0.5) is 0 Å². The van der Waals surface area contributed by atoms with E-state index in [2.05, 4.69) is 34.9 Å². The maximum Gasteiger partial charge on any atom is 0.266 e. The van der Waals surface area contributed by atoms with Gasteiger partial charge in [-0.1, -0.05) is 0 Å². The summed E-state index contributed by atoms with van der Waals surface area (Å²) >= 11 is 0. The molecule has 2 aliphatic heterocycles. The smallest absolute Gasteiger partial charge is 0.266 e. The highest BCUT2D eigenvalue weighted by atomic mass is 16.2. The molecule has 0 atom stereocenters. The molecule has 2 fully saturated rings. The summed E-state index contributed by atoms with van der Waals surface area (Å²) in [6.45, 7) is 5.28. The van der Waals surface area contributed by atoms with Crippen LogP contribution in [0.15, 0.2) is 11.8 Å². The average molecular weight is 305 g/mol. The maximum absolute atomic E-state index is 12.5. The van der Waals surface area contributed by atoms with Crippen LogP contribution in [0.5, 0.6) is 0 Å². The molecule has 0 aliphatic carbocycles. The largest absolute Gasteiger partial charge is 0.376 e. The predicted octanol–water partition coefficient (Wildman–Crippen LogP) is 0.194. The number of carbonyl (C=O) groups excluding carboxylic acids is 1. The van der Waals surface area contributed by atoms with Crippen LogP contribution in [-0.4, -0.2) is 92.0 Å². The molecule has 0 saturated carbocycles. The first kappa shape index (κ1) is 16.8. The van der Waals surface area contributed by atoms with Crippen molar-refractivity contribution >= 4 is 5.91 Å². The summed E-state index contributed by atoms with van der Waals surface area (Å²) in [5.41, 5.74) is 0.256. The van der Waals surface area contributed by atoms with Gasteiger partial charge in [-0.15, -0.1) is 0 Å². The molecule has 0 aromatic heterocycles. The van der Waals surface area contributed by atoms with Gasteiger partial charge in [0.15, 0.2) is 0 Å². The lowest BCUT2D eigenvalue weighted by Gasteiger charge is -2.35. The topological polar surface area (TPSA) is 53.8 Å². The summed E-state index contributed by atoms with van der Waals surface area (Å²) in [4.78, 5) is 20.8. The van der Waals surface area contributed by atoms with E-state index in [9.17, 15) is 10.1 Å². The zero-order valence-electron chi connectivity index (χ0n) is 14.0. The van der Waals surface area contributed by atoms with Gasteiger partial charge in [-0.2, -0.15) is 5.26 Å². The predicted molar refractivity (Wildman–Crippen MR) is 86.1 cm³/mol. The van der Waals surface area contributed by atoms with E-state index in [1.165, 1.54) is 0 Å². The van der Waals surface area contributed by atoms with Gasteiger partial charge in [0.2, 0.25) is 0 Å². The van der Waals surface area contributed by atoms with E-state index in [1.807, 2.05) is 7.05 Å². The Bertz CT molecular complexity index is 454. The minimum absolute atomic E-state index is 0.129. The van der Waals surface area contributed by atoms with Gasteiger partial charge in [-0.05, 0) is 40.0 Å². The van der Waals surface area contributed by atoms with E-state index in [0.29, 0.717) is 19.1 Å². The molecule has 1 amide bonds. The van der Waals surface area contributed by atoms with Gasteiger partial charge in [0, 0.05) is 45.5 Å². The summed E-state index contributed by atoms with van der Waals surface area (Å²) in [5.74, 6) is -0.129. The number of hydrogen-bond acceptors (Lipinski definition) is 5. The second-order valence-corrected chi connectivity index (χ2v) is 6.45. The third-order valence-electron chi connectivity index (χ3n) is 4.74. The van der Waals surface area contributed by atoms with Gasteiger partial charge < -0.3 is 19.6 Å². The Morgan fingerprint density at radius 2 is 1.64 bits per heavy atom. The lowest BCUT2D eigenvalue weighted by molar-refractivity contribution is -0.128. The van der Waals surface area contributed by atoms with Crippen molar-refractivity contribution in [2.24, 2.45) is 0 Å². The summed E-state index contributed by atoms with van der Waals surface area (Å²) in [6, 6.07) is 2.51. The Balaban J connectivity index is 1.97. The molecular formula is C16H27N5O. The van der Waals surface area contributed by atoms with Gasteiger partial charge in [-0.25, -0.2) is 0 Å². The maximum atomic E-state index is 12.5. The number of likely N-dealkylation sites (N-methyl/N-ethyl adjacent to an activating group) is 1. The molecule has 6 nitrogen and oxygen atoms in total. The molecule has 0 aromatic rings.